The van der Waals surface area contributed by atoms with Crippen LogP contribution >= 0.6 is 0 Å². The highest BCUT2D eigenvalue weighted by atomic mass is 19.1. The van der Waals surface area contributed by atoms with Gasteiger partial charge in [0.15, 0.2) is 0 Å². The van der Waals surface area contributed by atoms with Gasteiger partial charge in [-0.3, -0.25) is 14.5 Å². The van der Waals surface area contributed by atoms with Crippen molar-refractivity contribution >= 4 is 17.5 Å². The molecule has 1 atom stereocenters. The zero-order chi connectivity index (χ0) is 21.8. The standard InChI is InChI=1S/C24H29FN4O2/c1-18-6-8-19(9-7-18)17-29-11-10-26-24(31)22(29)16-23(30)28-14-12-27(13-15-28)21-5-3-2-4-20(21)25/h2-9,22H,10-17H2,1H3,(H,26,31)/t22-/m0/s1. The first-order valence-electron chi connectivity index (χ1n) is 10.9. The number of aryl methyl sites for hydroxylation is 1. The average molecular weight is 425 g/mol. The van der Waals surface area contributed by atoms with Crippen LogP contribution in [0.1, 0.15) is 17.5 Å². The van der Waals surface area contributed by atoms with Gasteiger partial charge in [-0.2, -0.15) is 0 Å². The van der Waals surface area contributed by atoms with E-state index in [4.69, 9.17) is 0 Å². The predicted octanol–water partition coefficient (Wildman–Crippen LogP) is 2.17. The van der Waals surface area contributed by atoms with Crippen LogP contribution in [0.5, 0.6) is 0 Å². The second-order valence-electron chi connectivity index (χ2n) is 8.29. The third-order valence-electron chi connectivity index (χ3n) is 6.14. The van der Waals surface area contributed by atoms with E-state index in [2.05, 4.69) is 34.5 Å². The van der Waals surface area contributed by atoms with Crippen LogP contribution in [0.4, 0.5) is 10.1 Å². The minimum absolute atomic E-state index is 0.0239. The van der Waals surface area contributed by atoms with Crippen LogP contribution in [0.15, 0.2) is 48.5 Å². The zero-order valence-corrected chi connectivity index (χ0v) is 17.9. The highest BCUT2D eigenvalue weighted by Gasteiger charge is 2.33. The van der Waals surface area contributed by atoms with Gasteiger partial charge in [0.25, 0.3) is 0 Å². The Morgan fingerprint density at radius 1 is 1.03 bits per heavy atom. The van der Waals surface area contributed by atoms with Crippen LogP contribution in [0, 0.1) is 12.7 Å². The molecule has 0 aliphatic carbocycles. The summed E-state index contributed by atoms with van der Waals surface area (Å²) >= 11 is 0. The number of hydrogen-bond acceptors (Lipinski definition) is 4. The lowest BCUT2D eigenvalue weighted by atomic mass is 10.1. The van der Waals surface area contributed by atoms with Crippen molar-refractivity contribution in [1.82, 2.24) is 15.1 Å². The quantitative estimate of drug-likeness (QED) is 0.800. The van der Waals surface area contributed by atoms with Gasteiger partial charge in [-0.05, 0) is 24.6 Å². The van der Waals surface area contributed by atoms with E-state index in [1.807, 2.05) is 17.9 Å². The Kier molecular flexibility index (Phi) is 6.51. The topological polar surface area (TPSA) is 55.9 Å². The molecule has 0 spiro atoms. The predicted molar refractivity (Wildman–Crippen MR) is 118 cm³/mol. The number of carbonyl (C=O) groups is 2. The molecule has 164 valence electrons. The van der Waals surface area contributed by atoms with E-state index in [0.29, 0.717) is 45.0 Å². The third kappa shape index (κ3) is 5.05. The van der Waals surface area contributed by atoms with E-state index in [1.165, 1.54) is 11.6 Å². The van der Waals surface area contributed by atoms with Crippen LogP contribution in [0.3, 0.4) is 0 Å². The first-order valence-corrected chi connectivity index (χ1v) is 10.9. The highest BCUT2D eigenvalue weighted by Crippen LogP contribution is 2.21. The van der Waals surface area contributed by atoms with E-state index in [-0.39, 0.29) is 24.1 Å². The summed E-state index contributed by atoms with van der Waals surface area (Å²) < 4.78 is 14.1. The fraction of sp³-hybridized carbons (Fsp3) is 0.417. The Morgan fingerprint density at radius 2 is 1.74 bits per heavy atom. The zero-order valence-electron chi connectivity index (χ0n) is 17.9. The minimum Gasteiger partial charge on any atom is -0.366 e. The van der Waals surface area contributed by atoms with Gasteiger partial charge >= 0.3 is 0 Å². The number of amides is 2. The Balaban J connectivity index is 1.36. The van der Waals surface area contributed by atoms with Gasteiger partial charge in [-0.25, -0.2) is 4.39 Å². The van der Waals surface area contributed by atoms with Gasteiger partial charge in [-0.15, -0.1) is 0 Å². The summed E-state index contributed by atoms with van der Waals surface area (Å²) in [4.78, 5) is 31.4. The van der Waals surface area contributed by atoms with Crippen molar-refractivity contribution in [1.29, 1.82) is 0 Å². The SMILES string of the molecule is Cc1ccc(CN2CCNC(=O)[C@@H]2CC(=O)N2CCN(c3ccccc3F)CC2)cc1. The number of carbonyl (C=O) groups excluding carboxylic acids is 2. The molecule has 0 aromatic heterocycles. The van der Waals surface area contributed by atoms with Crippen LogP contribution in [-0.2, 0) is 16.1 Å². The van der Waals surface area contributed by atoms with Gasteiger partial charge in [0.2, 0.25) is 11.8 Å². The largest absolute Gasteiger partial charge is 0.366 e. The normalized spacial score (nSPS) is 19.9. The molecular formula is C24H29FN4O2. The Bertz CT molecular complexity index is 925. The molecule has 31 heavy (non-hydrogen) atoms. The Morgan fingerprint density at radius 3 is 2.45 bits per heavy atom. The summed E-state index contributed by atoms with van der Waals surface area (Å²) in [6, 6.07) is 14.5. The minimum atomic E-state index is -0.466. The molecule has 0 saturated carbocycles. The molecule has 0 bridgehead atoms. The molecule has 2 heterocycles. The van der Waals surface area contributed by atoms with E-state index < -0.39 is 6.04 Å². The molecule has 2 aliphatic rings. The van der Waals surface area contributed by atoms with Crippen molar-refractivity contribution < 1.29 is 14.0 Å². The lowest BCUT2D eigenvalue weighted by Gasteiger charge is -2.39. The maximum atomic E-state index is 14.1. The molecule has 2 aliphatic heterocycles. The summed E-state index contributed by atoms with van der Waals surface area (Å²) in [6.07, 6.45) is 0.164. The molecule has 2 amide bonds. The number of anilines is 1. The van der Waals surface area contributed by atoms with Crippen molar-refractivity contribution in [2.75, 3.05) is 44.2 Å². The monoisotopic (exact) mass is 424 g/mol. The maximum Gasteiger partial charge on any atom is 0.237 e. The molecule has 6 nitrogen and oxygen atoms in total. The van der Waals surface area contributed by atoms with Crippen molar-refractivity contribution in [3.8, 4) is 0 Å². The van der Waals surface area contributed by atoms with Gasteiger partial charge in [0.05, 0.1) is 18.2 Å². The molecule has 0 radical (unpaired) electrons. The Hall–Kier alpha value is -2.93. The lowest BCUT2D eigenvalue weighted by Crippen LogP contribution is -2.57. The van der Waals surface area contributed by atoms with Crippen molar-refractivity contribution in [3.05, 3.63) is 65.5 Å². The molecule has 1 N–H and O–H groups in total. The fourth-order valence-electron chi connectivity index (χ4n) is 4.30. The Labute approximate surface area is 182 Å². The number of benzene rings is 2. The summed E-state index contributed by atoms with van der Waals surface area (Å²) in [5.41, 5.74) is 2.91. The number of piperazine rings is 2. The second kappa shape index (κ2) is 9.47. The molecule has 2 fully saturated rings. The number of hydrogen-bond donors (Lipinski definition) is 1. The van der Waals surface area contributed by atoms with Gasteiger partial charge in [-0.1, -0.05) is 42.0 Å². The van der Waals surface area contributed by atoms with Gasteiger partial charge in [0, 0.05) is 45.8 Å². The van der Waals surface area contributed by atoms with Gasteiger partial charge in [0.1, 0.15) is 5.82 Å². The summed E-state index contributed by atoms with van der Waals surface area (Å²) in [5.74, 6) is -0.353. The fourth-order valence-corrected chi connectivity index (χ4v) is 4.30. The van der Waals surface area contributed by atoms with Crippen molar-refractivity contribution in [2.45, 2.75) is 25.9 Å². The number of halogens is 1. The van der Waals surface area contributed by atoms with Crippen LogP contribution in [0.25, 0.3) is 0 Å². The average Bonchev–Trinajstić information content (AvgIpc) is 2.78. The van der Waals surface area contributed by atoms with E-state index in [1.54, 1.807) is 17.0 Å². The molecule has 4 rings (SSSR count). The summed E-state index contributed by atoms with van der Waals surface area (Å²) in [5, 5.41) is 2.90. The molecule has 0 unspecified atom stereocenters. The smallest absolute Gasteiger partial charge is 0.237 e. The highest BCUT2D eigenvalue weighted by molar-refractivity contribution is 5.89. The second-order valence-corrected chi connectivity index (χ2v) is 8.29. The number of rotatable bonds is 5. The number of para-hydroxylation sites is 1. The maximum absolute atomic E-state index is 14.1. The molecule has 2 saturated heterocycles. The van der Waals surface area contributed by atoms with Crippen molar-refractivity contribution in [2.24, 2.45) is 0 Å². The summed E-state index contributed by atoms with van der Waals surface area (Å²) in [7, 11) is 0. The molecule has 7 heteroatoms. The molecular weight excluding hydrogens is 395 g/mol. The van der Waals surface area contributed by atoms with Crippen molar-refractivity contribution in [3.63, 3.8) is 0 Å². The lowest BCUT2D eigenvalue weighted by molar-refractivity contribution is -0.139. The van der Waals surface area contributed by atoms with E-state index in [0.717, 1.165) is 12.1 Å². The van der Waals surface area contributed by atoms with Crippen LogP contribution in [-0.4, -0.2) is 66.9 Å². The number of nitrogens with one attached hydrogen (secondary N) is 1. The van der Waals surface area contributed by atoms with E-state index >= 15 is 0 Å². The summed E-state index contributed by atoms with van der Waals surface area (Å²) in [6.45, 7) is 6.22. The third-order valence-corrected chi connectivity index (χ3v) is 6.14. The van der Waals surface area contributed by atoms with E-state index in [9.17, 15) is 14.0 Å². The number of nitrogens with zero attached hydrogens (tertiary/aromatic N) is 3. The first-order chi connectivity index (χ1) is 15.0. The van der Waals surface area contributed by atoms with Crippen LogP contribution < -0.4 is 10.2 Å². The first kappa shape index (κ1) is 21.3. The molecule has 2 aromatic rings. The van der Waals surface area contributed by atoms with Gasteiger partial charge < -0.3 is 15.1 Å². The molecule has 2 aromatic carbocycles. The van der Waals surface area contributed by atoms with Crippen LogP contribution in [0.2, 0.25) is 0 Å².